The van der Waals surface area contributed by atoms with Gasteiger partial charge >= 0.3 is 0 Å². The average molecular weight is 283 g/mol. The molecule has 1 fully saturated rings. The highest BCUT2D eigenvalue weighted by Crippen LogP contribution is 2.40. The van der Waals surface area contributed by atoms with Crippen molar-refractivity contribution in [2.75, 3.05) is 6.54 Å². The van der Waals surface area contributed by atoms with E-state index in [2.05, 4.69) is 32.2 Å². The molecule has 2 aliphatic rings. The van der Waals surface area contributed by atoms with Gasteiger partial charge in [0.2, 0.25) is 0 Å². The third-order valence-electron chi connectivity index (χ3n) is 4.02. The Balaban J connectivity index is 2.30. The summed E-state index contributed by atoms with van der Waals surface area (Å²) >= 11 is 5.97. The van der Waals surface area contributed by atoms with Gasteiger partial charge in [-0.25, -0.2) is 4.39 Å². The Morgan fingerprint density at radius 2 is 2.16 bits per heavy atom. The van der Waals surface area contributed by atoms with E-state index in [1.807, 2.05) is 6.08 Å². The number of hydrogen-bond acceptors (Lipinski definition) is 2. The van der Waals surface area contributed by atoms with Crippen LogP contribution in [0.25, 0.3) is 0 Å². The fourth-order valence-corrected chi connectivity index (χ4v) is 3.26. The van der Waals surface area contributed by atoms with Crippen LogP contribution in [0, 0.1) is 28.6 Å². The first-order chi connectivity index (χ1) is 8.86. The van der Waals surface area contributed by atoms with Crippen LogP contribution in [0.1, 0.15) is 27.2 Å². The molecule has 1 N–H and O–H groups in total. The van der Waals surface area contributed by atoms with Gasteiger partial charge in [-0.2, -0.15) is 5.26 Å². The van der Waals surface area contributed by atoms with Gasteiger partial charge in [-0.1, -0.05) is 32.9 Å². The van der Waals surface area contributed by atoms with Crippen LogP contribution >= 0.6 is 11.6 Å². The molecule has 0 amide bonds. The molecule has 4 heteroatoms. The fraction of sp³-hybridized carbons (Fsp3) is 0.667. The lowest BCUT2D eigenvalue weighted by molar-refractivity contribution is 0.258. The summed E-state index contributed by atoms with van der Waals surface area (Å²) in [4.78, 5) is 0. The van der Waals surface area contributed by atoms with Crippen LogP contribution < -0.4 is 5.32 Å². The molecule has 0 radical (unpaired) electrons. The highest BCUT2D eigenvalue weighted by atomic mass is 35.5. The minimum Gasteiger partial charge on any atom is -0.311 e. The molecule has 0 aromatic carbocycles. The Morgan fingerprint density at radius 1 is 1.47 bits per heavy atom. The zero-order valence-electron chi connectivity index (χ0n) is 11.6. The molecule has 4 atom stereocenters. The number of halogens is 2. The summed E-state index contributed by atoms with van der Waals surface area (Å²) in [5.74, 6) is -0.579. The van der Waals surface area contributed by atoms with Crippen molar-refractivity contribution in [3.63, 3.8) is 0 Å². The van der Waals surface area contributed by atoms with Crippen LogP contribution in [-0.2, 0) is 0 Å². The SMILES string of the molecule is CC(C)(C)C1NCC(C2=C(F)C(Cl)CC=C2)C1C#N. The largest absolute Gasteiger partial charge is 0.311 e. The number of nitrogens with one attached hydrogen (secondary N) is 1. The number of nitrogens with zero attached hydrogens (tertiary/aromatic N) is 1. The number of rotatable bonds is 1. The van der Waals surface area contributed by atoms with Crippen LogP contribution in [0.3, 0.4) is 0 Å². The van der Waals surface area contributed by atoms with Gasteiger partial charge in [0.15, 0.2) is 0 Å². The summed E-state index contributed by atoms with van der Waals surface area (Å²) < 4.78 is 14.2. The van der Waals surface area contributed by atoms with Crippen molar-refractivity contribution in [1.29, 1.82) is 5.26 Å². The van der Waals surface area contributed by atoms with Gasteiger partial charge in [0.1, 0.15) is 5.83 Å². The monoisotopic (exact) mass is 282 g/mol. The Morgan fingerprint density at radius 3 is 2.74 bits per heavy atom. The summed E-state index contributed by atoms with van der Waals surface area (Å²) in [6, 6.07) is 2.44. The maximum atomic E-state index is 14.2. The molecule has 104 valence electrons. The second-order valence-electron chi connectivity index (χ2n) is 6.42. The molecule has 1 aliphatic carbocycles. The first kappa shape index (κ1) is 14.6. The van der Waals surface area contributed by atoms with Gasteiger partial charge < -0.3 is 5.32 Å². The molecule has 0 spiro atoms. The normalized spacial score (nSPS) is 35.6. The lowest BCUT2D eigenvalue weighted by Crippen LogP contribution is -2.39. The third-order valence-corrected chi connectivity index (χ3v) is 4.39. The van der Waals surface area contributed by atoms with Crippen molar-refractivity contribution in [3.8, 4) is 6.07 Å². The first-order valence-corrected chi connectivity index (χ1v) is 7.13. The second-order valence-corrected chi connectivity index (χ2v) is 6.95. The molecule has 0 saturated carbocycles. The highest BCUT2D eigenvalue weighted by Gasteiger charge is 2.44. The zero-order chi connectivity index (χ0) is 14.2. The standard InChI is InChI=1S/C15H20ClFN2/c1-15(2,3)14-10(7-18)11(8-19-14)9-5-4-6-12(16)13(9)17/h4-5,10-12,14,19H,6,8H2,1-3H3. The van der Waals surface area contributed by atoms with E-state index in [1.54, 1.807) is 6.08 Å². The third kappa shape index (κ3) is 2.70. The predicted molar refractivity (Wildman–Crippen MR) is 75.4 cm³/mol. The van der Waals surface area contributed by atoms with Gasteiger partial charge in [0, 0.05) is 18.5 Å². The maximum absolute atomic E-state index is 14.2. The predicted octanol–water partition coefficient (Wildman–Crippen LogP) is 3.55. The molecule has 0 aromatic heterocycles. The van der Waals surface area contributed by atoms with E-state index in [0.29, 0.717) is 18.5 Å². The Hall–Kier alpha value is -0.850. The first-order valence-electron chi connectivity index (χ1n) is 6.69. The molecule has 2 rings (SSSR count). The number of allylic oxidation sites excluding steroid dienone is 3. The maximum Gasteiger partial charge on any atom is 0.122 e. The van der Waals surface area contributed by atoms with Crippen molar-refractivity contribution in [2.45, 2.75) is 38.6 Å². The van der Waals surface area contributed by atoms with E-state index >= 15 is 0 Å². The summed E-state index contributed by atoms with van der Waals surface area (Å²) in [7, 11) is 0. The summed E-state index contributed by atoms with van der Waals surface area (Å²) in [5, 5.41) is 12.3. The molecule has 1 aliphatic heterocycles. The number of nitriles is 1. The van der Waals surface area contributed by atoms with Crippen LogP contribution in [0.15, 0.2) is 23.6 Å². The molecule has 1 saturated heterocycles. The van der Waals surface area contributed by atoms with Crippen molar-refractivity contribution in [3.05, 3.63) is 23.6 Å². The molecular weight excluding hydrogens is 263 g/mol. The van der Waals surface area contributed by atoms with Gasteiger partial charge in [-0.15, -0.1) is 11.6 Å². The van der Waals surface area contributed by atoms with Crippen molar-refractivity contribution >= 4 is 11.6 Å². The minimum atomic E-state index is -0.576. The molecule has 4 unspecified atom stereocenters. The average Bonchev–Trinajstić information content (AvgIpc) is 2.76. The number of alkyl halides is 1. The van der Waals surface area contributed by atoms with Crippen molar-refractivity contribution < 1.29 is 4.39 Å². The Bertz CT molecular complexity index is 456. The Labute approximate surface area is 119 Å². The van der Waals surface area contributed by atoms with E-state index in [9.17, 15) is 9.65 Å². The second kappa shape index (κ2) is 5.26. The van der Waals surface area contributed by atoms with E-state index < -0.39 is 5.38 Å². The minimum absolute atomic E-state index is 0.0229. The van der Waals surface area contributed by atoms with Gasteiger partial charge in [-0.3, -0.25) is 0 Å². The lowest BCUT2D eigenvalue weighted by atomic mass is 9.75. The summed E-state index contributed by atoms with van der Waals surface area (Å²) in [5.41, 5.74) is 0.585. The smallest absolute Gasteiger partial charge is 0.122 e. The molecule has 2 nitrogen and oxygen atoms in total. The van der Waals surface area contributed by atoms with E-state index in [1.165, 1.54) is 0 Å². The highest BCUT2D eigenvalue weighted by molar-refractivity contribution is 6.22. The summed E-state index contributed by atoms with van der Waals surface area (Å²) in [6.07, 6.45) is 4.22. The topological polar surface area (TPSA) is 35.8 Å². The van der Waals surface area contributed by atoms with Gasteiger partial charge in [0.25, 0.3) is 0 Å². The fourth-order valence-electron chi connectivity index (χ4n) is 3.03. The Kier molecular flexibility index (Phi) is 4.03. The van der Waals surface area contributed by atoms with Crippen LogP contribution in [0.2, 0.25) is 0 Å². The van der Waals surface area contributed by atoms with E-state index in [0.717, 1.165) is 0 Å². The summed E-state index contributed by atoms with van der Waals surface area (Å²) in [6.45, 7) is 6.94. The molecule has 0 bridgehead atoms. The van der Waals surface area contributed by atoms with Gasteiger partial charge in [0.05, 0.1) is 17.4 Å². The van der Waals surface area contributed by atoms with Crippen molar-refractivity contribution in [2.24, 2.45) is 17.3 Å². The van der Waals surface area contributed by atoms with Crippen LogP contribution in [0.4, 0.5) is 4.39 Å². The van der Waals surface area contributed by atoms with E-state index in [4.69, 9.17) is 11.6 Å². The lowest BCUT2D eigenvalue weighted by Gasteiger charge is -2.30. The zero-order valence-corrected chi connectivity index (χ0v) is 12.3. The van der Waals surface area contributed by atoms with Crippen molar-refractivity contribution in [1.82, 2.24) is 5.32 Å². The van der Waals surface area contributed by atoms with E-state index in [-0.39, 0.29) is 29.1 Å². The number of hydrogen-bond donors (Lipinski definition) is 1. The molecule has 0 aromatic rings. The van der Waals surface area contributed by atoms with Crippen LogP contribution in [0.5, 0.6) is 0 Å². The quantitative estimate of drug-likeness (QED) is 0.747. The van der Waals surface area contributed by atoms with Gasteiger partial charge in [-0.05, 0) is 17.4 Å². The molecule has 19 heavy (non-hydrogen) atoms. The van der Waals surface area contributed by atoms with Crippen LogP contribution in [-0.4, -0.2) is 18.0 Å². The molecular formula is C15H20ClFN2. The molecule has 1 heterocycles.